The number of aromatic nitrogens is 4. The summed E-state index contributed by atoms with van der Waals surface area (Å²) >= 11 is 1.57. The number of carbonyl (C=O) groups excluding carboxylic acids is 1. The van der Waals surface area contributed by atoms with Crippen LogP contribution in [0.1, 0.15) is 10.4 Å². The van der Waals surface area contributed by atoms with E-state index in [9.17, 15) is 4.79 Å². The molecule has 3 heterocycles. The number of nitrogens with one attached hydrogen (secondary N) is 2. The highest BCUT2D eigenvalue weighted by Crippen LogP contribution is 2.21. The highest BCUT2D eigenvalue weighted by molar-refractivity contribution is 7.09. The van der Waals surface area contributed by atoms with E-state index in [2.05, 4.69) is 25.7 Å². The van der Waals surface area contributed by atoms with Crippen LogP contribution in [-0.2, 0) is 24.8 Å². The van der Waals surface area contributed by atoms with Gasteiger partial charge in [-0.1, -0.05) is 30.3 Å². The van der Waals surface area contributed by atoms with Gasteiger partial charge in [-0.25, -0.2) is 0 Å². The van der Waals surface area contributed by atoms with Gasteiger partial charge in [0.25, 0.3) is 0 Å². The molecule has 1 amide bonds. The summed E-state index contributed by atoms with van der Waals surface area (Å²) in [5.74, 6) is 0.539. The maximum atomic E-state index is 13.1. The summed E-state index contributed by atoms with van der Waals surface area (Å²) in [7, 11) is 1.82. The van der Waals surface area contributed by atoms with Crippen molar-refractivity contribution in [1.29, 1.82) is 0 Å². The molecule has 4 rings (SSSR count). The van der Waals surface area contributed by atoms with Crippen LogP contribution >= 0.6 is 11.3 Å². The summed E-state index contributed by atoms with van der Waals surface area (Å²) in [4.78, 5) is 22.4. The molecule has 0 saturated carbocycles. The van der Waals surface area contributed by atoms with Gasteiger partial charge in [-0.3, -0.25) is 19.4 Å². The van der Waals surface area contributed by atoms with Gasteiger partial charge in [-0.05, 0) is 24.1 Å². The van der Waals surface area contributed by atoms with Crippen molar-refractivity contribution >= 4 is 23.1 Å². The minimum absolute atomic E-state index is 0.104. The summed E-state index contributed by atoms with van der Waals surface area (Å²) in [6.07, 6.45) is 5.85. The zero-order valence-corrected chi connectivity index (χ0v) is 17.3. The van der Waals surface area contributed by atoms with E-state index in [-0.39, 0.29) is 5.91 Å². The summed E-state index contributed by atoms with van der Waals surface area (Å²) in [6, 6.07) is 15.3. The Kier molecular flexibility index (Phi) is 6.26. The second-order valence-corrected chi connectivity index (χ2v) is 7.83. The molecular weight excluding hydrogens is 396 g/mol. The largest absolute Gasteiger partial charge is 0.310 e. The molecule has 0 radical (unpaired) electrons. The molecule has 1 aromatic carbocycles. The van der Waals surface area contributed by atoms with Crippen LogP contribution in [0.25, 0.3) is 11.3 Å². The Morgan fingerprint density at radius 2 is 1.93 bits per heavy atom. The van der Waals surface area contributed by atoms with Crippen molar-refractivity contribution in [3.63, 3.8) is 0 Å². The standard InChI is InChI=1S/C22H22N6OS/c1-28-21(12-19(27-28)17-7-9-23-10-8-17)26-22(29)20(11-16-5-3-2-4-6-16)25-14-18-13-24-15-30-18/h2-10,12-13,15,20,25H,11,14H2,1H3,(H,26,29)/t20-/m0/s1. The zero-order valence-electron chi connectivity index (χ0n) is 16.5. The van der Waals surface area contributed by atoms with Gasteiger partial charge in [0.2, 0.25) is 5.91 Å². The minimum Gasteiger partial charge on any atom is -0.310 e. The Labute approximate surface area is 178 Å². The first kappa shape index (κ1) is 19.9. The fraction of sp³-hybridized carbons (Fsp3) is 0.182. The first-order valence-electron chi connectivity index (χ1n) is 9.59. The number of pyridine rings is 1. The van der Waals surface area contributed by atoms with Crippen LogP contribution < -0.4 is 10.6 Å². The Bertz CT molecular complexity index is 1080. The predicted octanol–water partition coefficient (Wildman–Crippen LogP) is 3.28. The first-order valence-corrected chi connectivity index (χ1v) is 10.5. The third-order valence-corrected chi connectivity index (χ3v) is 5.49. The van der Waals surface area contributed by atoms with Crippen LogP contribution in [0.4, 0.5) is 5.82 Å². The van der Waals surface area contributed by atoms with Crippen molar-refractivity contribution in [1.82, 2.24) is 25.1 Å². The smallest absolute Gasteiger partial charge is 0.243 e. The van der Waals surface area contributed by atoms with Crippen molar-refractivity contribution in [3.8, 4) is 11.3 Å². The Morgan fingerprint density at radius 3 is 2.67 bits per heavy atom. The van der Waals surface area contributed by atoms with E-state index in [4.69, 9.17) is 0 Å². The zero-order chi connectivity index (χ0) is 20.8. The van der Waals surface area contributed by atoms with Gasteiger partial charge >= 0.3 is 0 Å². The second kappa shape index (κ2) is 9.43. The van der Waals surface area contributed by atoms with Crippen molar-refractivity contribution in [3.05, 3.63) is 83.1 Å². The maximum Gasteiger partial charge on any atom is 0.243 e. The molecule has 7 nitrogen and oxygen atoms in total. The quantitative estimate of drug-likeness (QED) is 0.459. The Balaban J connectivity index is 1.50. The minimum atomic E-state index is -0.395. The molecule has 0 spiro atoms. The van der Waals surface area contributed by atoms with Crippen molar-refractivity contribution in [2.75, 3.05) is 5.32 Å². The molecule has 0 bridgehead atoms. The van der Waals surface area contributed by atoms with Crippen LogP contribution in [0.5, 0.6) is 0 Å². The van der Waals surface area contributed by atoms with Crippen LogP contribution in [0, 0.1) is 0 Å². The number of thiazole rings is 1. The van der Waals surface area contributed by atoms with E-state index < -0.39 is 6.04 Å². The van der Waals surface area contributed by atoms with Gasteiger partial charge in [0, 0.05) is 48.7 Å². The number of anilines is 1. The lowest BCUT2D eigenvalue weighted by Crippen LogP contribution is -2.42. The third kappa shape index (κ3) is 4.97. The average Bonchev–Trinajstić information content (AvgIpc) is 3.42. The number of hydrogen-bond donors (Lipinski definition) is 2. The van der Waals surface area contributed by atoms with Crippen LogP contribution in [0.15, 0.2) is 72.6 Å². The monoisotopic (exact) mass is 418 g/mol. The predicted molar refractivity (Wildman–Crippen MR) is 118 cm³/mol. The summed E-state index contributed by atoms with van der Waals surface area (Å²) in [5.41, 5.74) is 4.62. The molecule has 1 atom stereocenters. The molecule has 30 heavy (non-hydrogen) atoms. The van der Waals surface area contributed by atoms with Gasteiger partial charge in [-0.15, -0.1) is 11.3 Å². The van der Waals surface area contributed by atoms with Crippen molar-refractivity contribution < 1.29 is 4.79 Å². The van der Waals surface area contributed by atoms with Gasteiger partial charge in [0.05, 0.1) is 17.2 Å². The lowest BCUT2D eigenvalue weighted by atomic mass is 10.1. The fourth-order valence-corrected chi connectivity index (χ4v) is 3.67. The number of nitrogens with zero attached hydrogens (tertiary/aromatic N) is 4. The SMILES string of the molecule is Cn1nc(-c2ccncc2)cc1NC(=O)[C@H](Cc1ccccc1)NCc1cncs1. The first-order chi connectivity index (χ1) is 14.7. The van der Waals surface area contributed by atoms with Crippen molar-refractivity contribution in [2.24, 2.45) is 7.05 Å². The summed E-state index contributed by atoms with van der Waals surface area (Å²) in [6.45, 7) is 0.587. The molecule has 8 heteroatoms. The lowest BCUT2D eigenvalue weighted by Gasteiger charge is -2.18. The van der Waals surface area contributed by atoms with E-state index in [1.54, 1.807) is 33.9 Å². The molecule has 0 aliphatic heterocycles. The Hall–Kier alpha value is -3.36. The molecule has 0 fully saturated rings. The topological polar surface area (TPSA) is 84.7 Å². The number of benzene rings is 1. The van der Waals surface area contributed by atoms with Gasteiger partial charge in [-0.2, -0.15) is 5.10 Å². The molecule has 2 N–H and O–H groups in total. The number of rotatable bonds is 8. The number of aryl methyl sites for hydroxylation is 1. The highest BCUT2D eigenvalue weighted by atomic mass is 32.1. The molecule has 4 aromatic rings. The second-order valence-electron chi connectivity index (χ2n) is 6.85. The van der Waals surface area contributed by atoms with E-state index >= 15 is 0 Å². The van der Waals surface area contributed by atoms with E-state index in [1.807, 2.05) is 61.8 Å². The number of carbonyl (C=O) groups is 1. The van der Waals surface area contributed by atoms with Gasteiger partial charge < -0.3 is 10.6 Å². The molecule has 0 unspecified atom stereocenters. The number of hydrogen-bond acceptors (Lipinski definition) is 6. The lowest BCUT2D eigenvalue weighted by molar-refractivity contribution is -0.118. The highest BCUT2D eigenvalue weighted by Gasteiger charge is 2.20. The van der Waals surface area contributed by atoms with Gasteiger partial charge in [0.1, 0.15) is 5.82 Å². The molecular formula is C22H22N6OS. The number of amides is 1. The van der Waals surface area contributed by atoms with Crippen LogP contribution in [0.2, 0.25) is 0 Å². The fourth-order valence-electron chi connectivity index (χ4n) is 3.12. The van der Waals surface area contributed by atoms with Crippen LogP contribution in [0.3, 0.4) is 0 Å². The normalized spacial score (nSPS) is 11.9. The molecule has 0 aliphatic rings. The molecule has 3 aromatic heterocycles. The molecule has 0 saturated heterocycles. The summed E-state index contributed by atoms with van der Waals surface area (Å²) in [5, 5.41) is 10.9. The average molecular weight is 419 g/mol. The van der Waals surface area contributed by atoms with Gasteiger partial charge in [0.15, 0.2) is 0 Å². The van der Waals surface area contributed by atoms with Crippen molar-refractivity contribution in [2.45, 2.75) is 19.0 Å². The van der Waals surface area contributed by atoms with E-state index in [0.717, 1.165) is 21.7 Å². The van der Waals surface area contributed by atoms with E-state index in [0.29, 0.717) is 18.8 Å². The van der Waals surface area contributed by atoms with E-state index in [1.165, 1.54) is 0 Å². The summed E-state index contributed by atoms with van der Waals surface area (Å²) < 4.78 is 1.68. The van der Waals surface area contributed by atoms with Crippen LogP contribution in [-0.4, -0.2) is 31.7 Å². The molecule has 0 aliphatic carbocycles. The third-order valence-electron chi connectivity index (χ3n) is 4.71. The molecule has 152 valence electrons. The maximum absolute atomic E-state index is 13.1. The Morgan fingerprint density at radius 1 is 1.13 bits per heavy atom.